The van der Waals surface area contributed by atoms with E-state index in [1.54, 1.807) is 0 Å². The zero-order chi connectivity index (χ0) is 11.5. The van der Waals surface area contributed by atoms with Crippen LogP contribution >= 0.6 is 0 Å². The Hall–Kier alpha value is -0.120. The first-order valence-electron chi connectivity index (χ1n) is 6.80. The smallest absolute Gasteiger partial charge is 0.0198 e. The second kappa shape index (κ2) is 5.48. The van der Waals surface area contributed by atoms with Crippen LogP contribution in [0, 0.1) is 0 Å². The molecule has 1 saturated carbocycles. The van der Waals surface area contributed by atoms with Gasteiger partial charge in [-0.2, -0.15) is 0 Å². The highest BCUT2D eigenvalue weighted by molar-refractivity contribution is 4.89. The summed E-state index contributed by atoms with van der Waals surface area (Å²) in [7, 11) is 4.33. The lowest BCUT2D eigenvalue weighted by atomic mass is 10.0. The number of nitrogens with zero attached hydrogens (tertiary/aromatic N) is 2. The van der Waals surface area contributed by atoms with Gasteiger partial charge in [0.25, 0.3) is 0 Å². The van der Waals surface area contributed by atoms with E-state index in [2.05, 4.69) is 36.1 Å². The zero-order valence-electron chi connectivity index (χ0n) is 11.1. The molecule has 0 aromatic carbocycles. The van der Waals surface area contributed by atoms with Gasteiger partial charge in [-0.05, 0) is 53.2 Å². The van der Waals surface area contributed by atoms with Crippen LogP contribution in [0.2, 0.25) is 0 Å². The van der Waals surface area contributed by atoms with Crippen molar-refractivity contribution in [1.29, 1.82) is 0 Å². The molecule has 0 spiro atoms. The topological polar surface area (TPSA) is 18.5 Å². The van der Waals surface area contributed by atoms with Crippen LogP contribution in [-0.2, 0) is 0 Å². The van der Waals surface area contributed by atoms with Gasteiger partial charge in [0.15, 0.2) is 0 Å². The minimum atomic E-state index is 0.693. The van der Waals surface area contributed by atoms with Crippen molar-refractivity contribution >= 4 is 0 Å². The van der Waals surface area contributed by atoms with E-state index in [-0.39, 0.29) is 0 Å². The molecule has 2 fully saturated rings. The SMILES string of the molecule is CC(CN(C)C)N1CCCC(NC2CC2)C1. The summed E-state index contributed by atoms with van der Waals surface area (Å²) in [6.45, 7) is 6.08. The number of piperidine rings is 1. The molecule has 16 heavy (non-hydrogen) atoms. The van der Waals surface area contributed by atoms with E-state index in [1.807, 2.05) is 0 Å². The fraction of sp³-hybridized carbons (Fsp3) is 1.00. The Kier molecular flexibility index (Phi) is 4.22. The Bertz CT molecular complexity index is 211. The minimum absolute atomic E-state index is 0.693. The molecule has 0 aromatic heterocycles. The quantitative estimate of drug-likeness (QED) is 0.757. The highest BCUT2D eigenvalue weighted by Crippen LogP contribution is 2.22. The molecule has 2 unspecified atom stereocenters. The summed E-state index contributed by atoms with van der Waals surface area (Å²) in [5.74, 6) is 0. The molecule has 1 aliphatic heterocycles. The van der Waals surface area contributed by atoms with E-state index < -0.39 is 0 Å². The van der Waals surface area contributed by atoms with Crippen LogP contribution in [0.1, 0.15) is 32.6 Å². The van der Waals surface area contributed by atoms with Crippen molar-refractivity contribution in [2.75, 3.05) is 33.7 Å². The molecule has 2 aliphatic rings. The van der Waals surface area contributed by atoms with Crippen LogP contribution in [0.3, 0.4) is 0 Å². The highest BCUT2D eigenvalue weighted by Gasteiger charge is 2.28. The lowest BCUT2D eigenvalue weighted by Gasteiger charge is -2.38. The summed E-state index contributed by atoms with van der Waals surface area (Å²) < 4.78 is 0. The third-order valence-electron chi connectivity index (χ3n) is 3.75. The lowest BCUT2D eigenvalue weighted by molar-refractivity contribution is 0.125. The van der Waals surface area contributed by atoms with Crippen molar-refractivity contribution < 1.29 is 0 Å². The summed E-state index contributed by atoms with van der Waals surface area (Å²) in [5, 5.41) is 3.78. The molecular formula is C13H27N3. The predicted molar refractivity (Wildman–Crippen MR) is 68.8 cm³/mol. The normalized spacial score (nSPS) is 29.6. The van der Waals surface area contributed by atoms with Gasteiger partial charge in [-0.25, -0.2) is 0 Å². The first-order valence-corrected chi connectivity index (χ1v) is 6.80. The molecule has 0 aromatic rings. The molecule has 0 radical (unpaired) electrons. The third kappa shape index (κ3) is 3.72. The molecule has 0 bridgehead atoms. The van der Waals surface area contributed by atoms with E-state index in [0.717, 1.165) is 12.1 Å². The molecule has 2 atom stereocenters. The van der Waals surface area contributed by atoms with Gasteiger partial charge in [0.2, 0.25) is 0 Å². The Balaban J connectivity index is 1.75. The van der Waals surface area contributed by atoms with Gasteiger partial charge in [0.05, 0.1) is 0 Å². The number of hydrogen-bond donors (Lipinski definition) is 1. The molecule has 3 heteroatoms. The van der Waals surface area contributed by atoms with Gasteiger partial charge in [-0.1, -0.05) is 0 Å². The number of nitrogens with one attached hydrogen (secondary N) is 1. The van der Waals surface area contributed by atoms with Crippen LogP contribution in [0.5, 0.6) is 0 Å². The van der Waals surface area contributed by atoms with E-state index in [9.17, 15) is 0 Å². The fourth-order valence-corrected chi connectivity index (χ4v) is 2.77. The molecule has 1 saturated heterocycles. The average Bonchev–Trinajstić information content (AvgIpc) is 3.01. The first-order chi connectivity index (χ1) is 7.65. The molecular weight excluding hydrogens is 198 g/mol. The van der Waals surface area contributed by atoms with Crippen molar-refractivity contribution in [2.24, 2.45) is 0 Å². The molecule has 94 valence electrons. The number of likely N-dealkylation sites (N-methyl/N-ethyl adjacent to an activating group) is 1. The summed E-state index contributed by atoms with van der Waals surface area (Å²) >= 11 is 0. The van der Waals surface area contributed by atoms with Crippen LogP contribution in [0.4, 0.5) is 0 Å². The van der Waals surface area contributed by atoms with E-state index >= 15 is 0 Å². The first kappa shape index (κ1) is 12.3. The molecule has 1 heterocycles. The highest BCUT2D eigenvalue weighted by atomic mass is 15.2. The van der Waals surface area contributed by atoms with Crippen molar-refractivity contribution in [3.05, 3.63) is 0 Å². The third-order valence-corrected chi connectivity index (χ3v) is 3.75. The van der Waals surface area contributed by atoms with E-state index in [0.29, 0.717) is 6.04 Å². The summed E-state index contributed by atoms with van der Waals surface area (Å²) in [6.07, 6.45) is 5.55. The maximum Gasteiger partial charge on any atom is 0.0198 e. The maximum atomic E-state index is 3.78. The van der Waals surface area contributed by atoms with Crippen LogP contribution in [0.15, 0.2) is 0 Å². The van der Waals surface area contributed by atoms with Gasteiger partial charge in [-0.15, -0.1) is 0 Å². The lowest BCUT2D eigenvalue weighted by Crippen LogP contribution is -2.51. The van der Waals surface area contributed by atoms with Crippen LogP contribution in [-0.4, -0.2) is 61.7 Å². The summed E-state index contributed by atoms with van der Waals surface area (Å²) in [4.78, 5) is 4.95. The number of likely N-dealkylation sites (tertiary alicyclic amines) is 1. The minimum Gasteiger partial charge on any atom is -0.310 e. The standard InChI is InChI=1S/C13H27N3/c1-11(9-15(2)3)16-8-4-5-13(10-16)14-12-6-7-12/h11-14H,4-10H2,1-3H3. The molecule has 1 N–H and O–H groups in total. The summed E-state index contributed by atoms with van der Waals surface area (Å²) in [6, 6.07) is 2.30. The zero-order valence-corrected chi connectivity index (χ0v) is 11.1. The average molecular weight is 225 g/mol. The van der Waals surface area contributed by atoms with Crippen LogP contribution < -0.4 is 5.32 Å². The van der Waals surface area contributed by atoms with Crippen molar-refractivity contribution in [3.63, 3.8) is 0 Å². The number of hydrogen-bond acceptors (Lipinski definition) is 3. The second-order valence-corrected chi connectivity index (χ2v) is 5.89. The van der Waals surface area contributed by atoms with Crippen molar-refractivity contribution in [3.8, 4) is 0 Å². The maximum absolute atomic E-state index is 3.78. The second-order valence-electron chi connectivity index (χ2n) is 5.89. The van der Waals surface area contributed by atoms with E-state index in [4.69, 9.17) is 0 Å². The molecule has 0 amide bonds. The molecule has 3 nitrogen and oxygen atoms in total. The van der Waals surface area contributed by atoms with Crippen LogP contribution in [0.25, 0.3) is 0 Å². The largest absolute Gasteiger partial charge is 0.310 e. The molecule has 1 aliphatic carbocycles. The Morgan fingerprint density at radius 3 is 2.62 bits per heavy atom. The van der Waals surface area contributed by atoms with Gasteiger partial charge in [0.1, 0.15) is 0 Å². The predicted octanol–water partition coefficient (Wildman–Crippen LogP) is 1.15. The Morgan fingerprint density at radius 2 is 2.00 bits per heavy atom. The Morgan fingerprint density at radius 1 is 1.25 bits per heavy atom. The van der Waals surface area contributed by atoms with Gasteiger partial charge >= 0.3 is 0 Å². The van der Waals surface area contributed by atoms with Gasteiger partial charge in [-0.3, -0.25) is 4.90 Å². The van der Waals surface area contributed by atoms with Crippen molar-refractivity contribution in [1.82, 2.24) is 15.1 Å². The Labute approximate surface area is 100 Å². The fourth-order valence-electron chi connectivity index (χ4n) is 2.77. The van der Waals surface area contributed by atoms with Gasteiger partial charge in [0, 0.05) is 31.2 Å². The van der Waals surface area contributed by atoms with Gasteiger partial charge < -0.3 is 10.2 Å². The van der Waals surface area contributed by atoms with Crippen molar-refractivity contribution in [2.45, 2.75) is 50.7 Å². The monoisotopic (exact) mass is 225 g/mol. The summed E-state index contributed by atoms with van der Waals surface area (Å²) in [5.41, 5.74) is 0. The molecule has 2 rings (SSSR count). The number of rotatable bonds is 5. The van der Waals surface area contributed by atoms with E-state index in [1.165, 1.54) is 45.3 Å².